The van der Waals surface area contributed by atoms with Crippen LogP contribution in [0.4, 0.5) is 9.52 Å². The molecule has 1 unspecified atom stereocenters. The molecule has 2 aromatic heterocycles. The van der Waals surface area contributed by atoms with Crippen LogP contribution < -0.4 is 10.6 Å². The number of nitrogens with zero attached hydrogens (tertiary/aromatic N) is 3. The minimum Gasteiger partial charge on any atom is -0.373 e. The molecule has 1 aliphatic carbocycles. The van der Waals surface area contributed by atoms with Gasteiger partial charge >= 0.3 is 0 Å². The number of thiazole rings is 1. The Hall–Kier alpha value is -3.30. The van der Waals surface area contributed by atoms with Gasteiger partial charge < -0.3 is 19.9 Å². The minimum absolute atomic E-state index is 0.128. The third kappa shape index (κ3) is 4.08. The highest BCUT2D eigenvalue weighted by Crippen LogP contribution is 2.46. The molecule has 3 aliphatic rings. The molecular formula is C29H29FN4O3S. The third-order valence-corrected chi connectivity index (χ3v) is 9.28. The third-order valence-electron chi connectivity index (χ3n) is 8.26. The normalized spacial score (nSPS) is 22.9. The zero-order valence-electron chi connectivity index (χ0n) is 21.2. The maximum absolute atomic E-state index is 14.7. The van der Waals surface area contributed by atoms with Crippen LogP contribution in [0, 0.1) is 12.7 Å². The summed E-state index contributed by atoms with van der Waals surface area (Å²) in [6, 6.07) is 11.7. The molecule has 2 saturated heterocycles. The standard InChI is InChI=1S/C29H29FN4O3S/c1-15-4-2-3-5-21(15)25-22(27(37-33-25)16-6-7-16)14-36-20-12-18-8-9-19(13-20)34(18)29-32-26-23(30)10-17(28(31)35)11-24(26)38-29/h2-5,10-11,16,18-20H,6-9,12-14H2,1H3,(H2,31,35)/t18-,19?,20-/m0/s1. The minimum atomic E-state index is -0.637. The van der Waals surface area contributed by atoms with Crippen molar-refractivity contribution in [3.63, 3.8) is 0 Å². The molecule has 0 spiro atoms. The highest BCUT2D eigenvalue weighted by Gasteiger charge is 2.43. The van der Waals surface area contributed by atoms with Crippen LogP contribution >= 0.6 is 11.3 Å². The fraction of sp³-hybridized carbons (Fsp3) is 0.414. The van der Waals surface area contributed by atoms with Crippen molar-refractivity contribution in [2.75, 3.05) is 4.90 Å². The molecule has 2 aliphatic heterocycles. The summed E-state index contributed by atoms with van der Waals surface area (Å²) in [5, 5.41) is 5.29. The van der Waals surface area contributed by atoms with Gasteiger partial charge in [0, 0.05) is 34.7 Å². The smallest absolute Gasteiger partial charge is 0.248 e. The number of rotatable bonds is 7. The van der Waals surface area contributed by atoms with Gasteiger partial charge in [0.25, 0.3) is 0 Å². The predicted molar refractivity (Wildman–Crippen MR) is 144 cm³/mol. The number of fused-ring (bicyclic) bond motifs is 3. The van der Waals surface area contributed by atoms with Crippen molar-refractivity contribution >= 4 is 32.6 Å². The topological polar surface area (TPSA) is 94.5 Å². The number of hydrogen-bond donors (Lipinski definition) is 1. The summed E-state index contributed by atoms with van der Waals surface area (Å²) in [6.45, 7) is 2.59. The van der Waals surface area contributed by atoms with E-state index in [9.17, 15) is 9.18 Å². The van der Waals surface area contributed by atoms with Crippen molar-refractivity contribution in [2.24, 2.45) is 5.73 Å². The number of primary amides is 1. The number of carbonyl (C=O) groups is 1. The number of hydrogen-bond acceptors (Lipinski definition) is 7. The van der Waals surface area contributed by atoms with Gasteiger partial charge in [0.05, 0.1) is 17.4 Å². The molecule has 4 heterocycles. The molecule has 3 fully saturated rings. The van der Waals surface area contributed by atoms with Crippen LogP contribution in [0.5, 0.6) is 0 Å². The van der Waals surface area contributed by atoms with Crippen LogP contribution in [0.15, 0.2) is 40.9 Å². The SMILES string of the molecule is Cc1ccccc1-c1noc(C2CC2)c1CO[C@@H]1CC2CC[C@@H](C1)N2c1nc2c(F)cc(C(N)=O)cc2s1. The Labute approximate surface area is 223 Å². The van der Waals surface area contributed by atoms with E-state index < -0.39 is 11.7 Å². The van der Waals surface area contributed by atoms with E-state index in [1.165, 1.54) is 23.0 Å². The number of piperidine rings is 1. The van der Waals surface area contributed by atoms with Gasteiger partial charge in [-0.05, 0) is 63.1 Å². The quantitative estimate of drug-likeness (QED) is 0.309. The van der Waals surface area contributed by atoms with Crippen LogP contribution in [0.1, 0.15) is 71.7 Å². The first-order valence-electron chi connectivity index (χ1n) is 13.3. The van der Waals surface area contributed by atoms with Crippen molar-refractivity contribution in [1.82, 2.24) is 10.1 Å². The number of aryl methyl sites for hydroxylation is 1. The Morgan fingerprint density at radius 2 is 1.95 bits per heavy atom. The molecule has 4 aromatic rings. The molecule has 3 atom stereocenters. The Morgan fingerprint density at radius 1 is 1.18 bits per heavy atom. The van der Waals surface area contributed by atoms with Crippen LogP contribution in [0.3, 0.4) is 0 Å². The lowest BCUT2D eigenvalue weighted by Gasteiger charge is -2.38. The second-order valence-electron chi connectivity index (χ2n) is 10.8. The number of nitrogens with two attached hydrogens (primary N) is 1. The van der Waals surface area contributed by atoms with E-state index in [1.807, 2.05) is 12.1 Å². The molecule has 38 heavy (non-hydrogen) atoms. The lowest BCUT2D eigenvalue weighted by Crippen LogP contribution is -2.45. The largest absolute Gasteiger partial charge is 0.373 e. The van der Waals surface area contributed by atoms with Gasteiger partial charge in [0.1, 0.15) is 17.0 Å². The summed E-state index contributed by atoms with van der Waals surface area (Å²) < 4.78 is 27.7. The molecule has 2 bridgehead atoms. The number of halogens is 1. The summed E-state index contributed by atoms with van der Waals surface area (Å²) in [7, 11) is 0. The molecule has 2 aromatic carbocycles. The van der Waals surface area contributed by atoms with E-state index in [0.717, 1.165) is 66.2 Å². The first kappa shape index (κ1) is 23.8. The molecule has 0 radical (unpaired) electrons. The Morgan fingerprint density at radius 3 is 2.66 bits per heavy atom. The molecular weight excluding hydrogens is 503 g/mol. The van der Waals surface area contributed by atoms with E-state index in [1.54, 1.807) is 6.07 Å². The van der Waals surface area contributed by atoms with Crippen molar-refractivity contribution in [1.29, 1.82) is 0 Å². The summed E-state index contributed by atoms with van der Waals surface area (Å²) in [4.78, 5) is 18.6. The van der Waals surface area contributed by atoms with E-state index in [2.05, 4.69) is 34.1 Å². The highest BCUT2D eigenvalue weighted by atomic mass is 32.1. The number of aromatic nitrogens is 2. The van der Waals surface area contributed by atoms with Crippen molar-refractivity contribution in [2.45, 2.75) is 76.2 Å². The summed E-state index contributed by atoms with van der Waals surface area (Å²) in [5.74, 6) is 0.290. The first-order chi connectivity index (χ1) is 18.5. The Balaban J connectivity index is 1.10. The van der Waals surface area contributed by atoms with Crippen LogP contribution in [0.25, 0.3) is 21.5 Å². The van der Waals surface area contributed by atoms with Crippen LogP contribution in [-0.4, -0.2) is 34.2 Å². The van der Waals surface area contributed by atoms with E-state index >= 15 is 0 Å². The molecule has 7 rings (SSSR count). The fourth-order valence-corrected chi connectivity index (χ4v) is 7.35. The summed E-state index contributed by atoms with van der Waals surface area (Å²) in [5.41, 5.74) is 10.1. The van der Waals surface area contributed by atoms with Crippen LogP contribution in [0.2, 0.25) is 0 Å². The number of anilines is 1. The fourth-order valence-electron chi connectivity index (χ4n) is 6.18. The molecule has 9 heteroatoms. The molecule has 1 saturated carbocycles. The summed E-state index contributed by atoms with van der Waals surface area (Å²) >= 11 is 1.43. The van der Waals surface area contributed by atoms with E-state index in [0.29, 0.717) is 34.8 Å². The van der Waals surface area contributed by atoms with Gasteiger partial charge in [-0.2, -0.15) is 0 Å². The lowest BCUT2D eigenvalue weighted by molar-refractivity contribution is 0.0147. The number of benzene rings is 2. The molecule has 1 amide bonds. The van der Waals surface area contributed by atoms with Gasteiger partial charge in [0.2, 0.25) is 5.91 Å². The zero-order valence-corrected chi connectivity index (χ0v) is 22.0. The highest BCUT2D eigenvalue weighted by molar-refractivity contribution is 7.22. The monoisotopic (exact) mass is 532 g/mol. The van der Waals surface area contributed by atoms with Gasteiger partial charge in [-0.25, -0.2) is 9.37 Å². The maximum Gasteiger partial charge on any atom is 0.248 e. The van der Waals surface area contributed by atoms with E-state index in [-0.39, 0.29) is 11.7 Å². The second kappa shape index (κ2) is 9.17. The number of amides is 1. The number of carbonyl (C=O) groups excluding carboxylic acids is 1. The first-order valence-corrected chi connectivity index (χ1v) is 14.1. The Bertz CT molecular complexity index is 1530. The molecule has 7 nitrogen and oxygen atoms in total. The second-order valence-corrected chi connectivity index (χ2v) is 11.8. The van der Waals surface area contributed by atoms with Crippen LogP contribution in [-0.2, 0) is 11.3 Å². The van der Waals surface area contributed by atoms with Crippen molar-refractivity contribution in [3.05, 3.63) is 64.7 Å². The average molecular weight is 533 g/mol. The van der Waals surface area contributed by atoms with Gasteiger partial charge in [-0.1, -0.05) is 40.8 Å². The van der Waals surface area contributed by atoms with Gasteiger partial charge in [-0.3, -0.25) is 4.79 Å². The van der Waals surface area contributed by atoms with Gasteiger partial charge in [0.15, 0.2) is 10.9 Å². The maximum atomic E-state index is 14.7. The number of ether oxygens (including phenoxy) is 1. The van der Waals surface area contributed by atoms with Crippen molar-refractivity contribution < 1.29 is 18.4 Å². The molecule has 196 valence electrons. The zero-order chi connectivity index (χ0) is 26.0. The average Bonchev–Trinajstić information content (AvgIpc) is 3.41. The Kier molecular flexibility index (Phi) is 5.74. The summed E-state index contributed by atoms with van der Waals surface area (Å²) in [6.07, 6.45) is 6.32. The van der Waals surface area contributed by atoms with E-state index in [4.69, 9.17) is 15.0 Å². The van der Waals surface area contributed by atoms with Gasteiger partial charge in [-0.15, -0.1) is 0 Å². The molecule has 2 N–H and O–H groups in total. The van der Waals surface area contributed by atoms with Crippen molar-refractivity contribution in [3.8, 4) is 11.3 Å². The predicted octanol–water partition coefficient (Wildman–Crippen LogP) is 6.09. The lowest BCUT2D eigenvalue weighted by atomic mass is 9.99.